The number of ether oxygens (including phenoxy) is 1. The van der Waals surface area contributed by atoms with Gasteiger partial charge in [0.15, 0.2) is 6.61 Å². The van der Waals surface area contributed by atoms with Crippen LogP contribution in [0.5, 0.6) is 5.75 Å². The number of carbonyl (C=O) groups excluding carboxylic acids is 1. The summed E-state index contributed by atoms with van der Waals surface area (Å²) >= 11 is 10.7. The summed E-state index contributed by atoms with van der Waals surface area (Å²) in [5, 5.41) is 2.55. The van der Waals surface area contributed by atoms with Gasteiger partial charge in [-0.2, -0.15) is 0 Å². The molecule has 1 aromatic heterocycles. The molecule has 94 valence electrons. The van der Waals surface area contributed by atoms with Crippen molar-refractivity contribution in [1.29, 1.82) is 0 Å². The lowest BCUT2D eigenvalue weighted by Gasteiger charge is -2.06. The zero-order chi connectivity index (χ0) is 13.1. The van der Waals surface area contributed by atoms with Gasteiger partial charge in [-0.3, -0.25) is 4.79 Å². The maximum atomic E-state index is 11.9. The van der Waals surface area contributed by atoms with Crippen LogP contribution in [0.3, 0.4) is 0 Å². The summed E-state index contributed by atoms with van der Waals surface area (Å²) in [6, 6.07) is 7.19. The monoisotopic (exact) mass is 344 g/mol. The van der Waals surface area contributed by atoms with Gasteiger partial charge in [0.25, 0.3) is 0 Å². The fourth-order valence-electron chi connectivity index (χ4n) is 1.41. The second kappa shape index (κ2) is 5.87. The van der Waals surface area contributed by atoms with Gasteiger partial charge in [-0.1, -0.05) is 11.6 Å². The highest BCUT2D eigenvalue weighted by Crippen LogP contribution is 2.24. The Labute approximate surface area is 123 Å². The Hall–Kier alpha value is -0.840. The molecule has 0 atom stereocenters. The van der Waals surface area contributed by atoms with Crippen molar-refractivity contribution in [3.8, 4) is 5.75 Å². The third-order valence-electron chi connectivity index (χ3n) is 2.37. The molecule has 2 aromatic rings. The molecule has 0 aliphatic rings. The number of hydrogen-bond acceptors (Lipinski definition) is 3. The summed E-state index contributed by atoms with van der Waals surface area (Å²) in [6.07, 6.45) is 0. The summed E-state index contributed by atoms with van der Waals surface area (Å²) in [5.41, 5.74) is 0.930. The van der Waals surface area contributed by atoms with Crippen molar-refractivity contribution in [2.24, 2.45) is 0 Å². The Kier molecular flexibility index (Phi) is 4.43. The number of carbonyl (C=O) groups is 1. The Morgan fingerprint density at radius 3 is 2.83 bits per heavy atom. The lowest BCUT2D eigenvalue weighted by atomic mass is 10.2. The van der Waals surface area contributed by atoms with E-state index in [1.165, 1.54) is 11.3 Å². The highest BCUT2D eigenvalue weighted by molar-refractivity contribution is 9.10. The molecule has 0 fully saturated rings. The number of halogens is 2. The molecule has 18 heavy (non-hydrogen) atoms. The molecule has 2 nitrogen and oxygen atoms in total. The topological polar surface area (TPSA) is 26.3 Å². The van der Waals surface area contributed by atoms with Crippen LogP contribution in [0.1, 0.15) is 15.2 Å². The molecule has 0 saturated heterocycles. The minimum Gasteiger partial charge on any atom is -0.485 e. The number of rotatable bonds is 4. The number of Topliss-reactive ketones (excluding diaryl/α,β-unsaturated/α-hetero) is 1. The van der Waals surface area contributed by atoms with Crippen LogP contribution in [0, 0.1) is 6.92 Å². The lowest BCUT2D eigenvalue weighted by Crippen LogP contribution is -2.10. The van der Waals surface area contributed by atoms with Crippen molar-refractivity contribution < 1.29 is 9.53 Å². The Balaban J connectivity index is 2.02. The molecule has 0 saturated carbocycles. The van der Waals surface area contributed by atoms with Crippen LogP contribution >= 0.6 is 38.9 Å². The smallest absolute Gasteiger partial charge is 0.211 e. The van der Waals surface area contributed by atoms with E-state index in [-0.39, 0.29) is 12.4 Å². The second-order valence-electron chi connectivity index (χ2n) is 3.72. The van der Waals surface area contributed by atoms with E-state index in [0.717, 1.165) is 10.0 Å². The van der Waals surface area contributed by atoms with Gasteiger partial charge in [0, 0.05) is 9.50 Å². The standard InChI is InChI=1S/C13H10BrClO2S/c1-8-6-9(2-3-11(8)15)17-7-12(16)13-10(14)4-5-18-13/h2-6H,7H2,1H3. The van der Waals surface area contributed by atoms with E-state index in [0.29, 0.717) is 15.6 Å². The average Bonchev–Trinajstić information content (AvgIpc) is 2.77. The Morgan fingerprint density at radius 1 is 1.44 bits per heavy atom. The van der Waals surface area contributed by atoms with E-state index in [1.807, 2.05) is 24.4 Å². The van der Waals surface area contributed by atoms with Crippen molar-refractivity contribution in [3.63, 3.8) is 0 Å². The van der Waals surface area contributed by atoms with Crippen LogP contribution in [0.25, 0.3) is 0 Å². The third-order valence-corrected chi connectivity index (χ3v) is 4.67. The lowest BCUT2D eigenvalue weighted by molar-refractivity contribution is 0.0925. The molecule has 0 amide bonds. The number of hydrogen-bond donors (Lipinski definition) is 0. The van der Waals surface area contributed by atoms with Crippen molar-refractivity contribution in [3.05, 3.63) is 49.6 Å². The fourth-order valence-corrected chi connectivity index (χ4v) is 3.05. The van der Waals surface area contributed by atoms with Gasteiger partial charge in [-0.25, -0.2) is 0 Å². The first kappa shape index (κ1) is 13.6. The number of benzene rings is 1. The predicted octanol–water partition coefficient (Wildman–Crippen LogP) is 4.73. The summed E-state index contributed by atoms with van der Waals surface area (Å²) < 4.78 is 6.27. The van der Waals surface area contributed by atoms with E-state index in [1.54, 1.807) is 12.1 Å². The van der Waals surface area contributed by atoms with Gasteiger partial charge < -0.3 is 4.74 Å². The summed E-state index contributed by atoms with van der Waals surface area (Å²) in [5.74, 6) is 0.613. The van der Waals surface area contributed by atoms with Crippen molar-refractivity contribution in [1.82, 2.24) is 0 Å². The van der Waals surface area contributed by atoms with Crippen molar-refractivity contribution >= 4 is 44.7 Å². The van der Waals surface area contributed by atoms with Crippen molar-refractivity contribution in [2.45, 2.75) is 6.92 Å². The molecule has 5 heteroatoms. The fraction of sp³-hybridized carbons (Fsp3) is 0.154. The highest BCUT2D eigenvalue weighted by Gasteiger charge is 2.12. The van der Waals surface area contributed by atoms with Crippen LogP contribution in [0.4, 0.5) is 0 Å². The molecule has 0 spiro atoms. The maximum Gasteiger partial charge on any atom is 0.211 e. The van der Waals surface area contributed by atoms with E-state index in [4.69, 9.17) is 16.3 Å². The molecule has 0 radical (unpaired) electrons. The van der Waals surface area contributed by atoms with Gasteiger partial charge in [-0.05, 0) is 58.1 Å². The molecule has 1 heterocycles. The van der Waals surface area contributed by atoms with E-state index in [9.17, 15) is 4.79 Å². The molecule has 0 aliphatic heterocycles. The van der Waals surface area contributed by atoms with Gasteiger partial charge in [0.1, 0.15) is 5.75 Å². The first-order valence-corrected chi connectivity index (χ1v) is 7.28. The zero-order valence-corrected chi connectivity index (χ0v) is 12.7. The van der Waals surface area contributed by atoms with Gasteiger partial charge in [-0.15, -0.1) is 11.3 Å². The minimum atomic E-state index is -0.0375. The Bertz CT molecular complexity index is 580. The molecule has 2 rings (SSSR count). The van der Waals surface area contributed by atoms with Crippen LogP contribution < -0.4 is 4.74 Å². The maximum absolute atomic E-state index is 11.9. The summed E-state index contributed by atoms with van der Waals surface area (Å²) in [7, 11) is 0. The molecule has 0 bridgehead atoms. The summed E-state index contributed by atoms with van der Waals surface area (Å²) in [4.78, 5) is 12.6. The Morgan fingerprint density at radius 2 is 2.22 bits per heavy atom. The van der Waals surface area contributed by atoms with E-state index in [2.05, 4.69) is 15.9 Å². The van der Waals surface area contributed by atoms with Crippen LogP contribution in [-0.4, -0.2) is 12.4 Å². The largest absolute Gasteiger partial charge is 0.485 e. The van der Waals surface area contributed by atoms with Crippen LogP contribution in [0.15, 0.2) is 34.1 Å². The normalized spacial score (nSPS) is 10.4. The third kappa shape index (κ3) is 3.13. The molecular weight excluding hydrogens is 336 g/mol. The summed E-state index contributed by atoms with van der Waals surface area (Å²) in [6.45, 7) is 1.92. The predicted molar refractivity (Wildman–Crippen MR) is 78.0 cm³/mol. The van der Waals surface area contributed by atoms with Gasteiger partial charge in [0.2, 0.25) is 5.78 Å². The number of aryl methyl sites for hydroxylation is 1. The second-order valence-corrected chi connectivity index (χ2v) is 5.90. The molecular formula is C13H10BrClO2S. The van der Waals surface area contributed by atoms with E-state index >= 15 is 0 Å². The van der Waals surface area contributed by atoms with Gasteiger partial charge in [0.05, 0.1) is 4.88 Å². The number of thiophene rings is 1. The molecule has 0 aliphatic carbocycles. The van der Waals surface area contributed by atoms with Crippen molar-refractivity contribution in [2.75, 3.05) is 6.61 Å². The first-order valence-electron chi connectivity index (χ1n) is 5.23. The molecule has 0 unspecified atom stereocenters. The number of ketones is 1. The van der Waals surface area contributed by atoms with E-state index < -0.39 is 0 Å². The van der Waals surface area contributed by atoms with Crippen LogP contribution in [0.2, 0.25) is 5.02 Å². The molecule has 0 N–H and O–H groups in total. The quantitative estimate of drug-likeness (QED) is 0.749. The zero-order valence-electron chi connectivity index (χ0n) is 9.57. The highest BCUT2D eigenvalue weighted by atomic mass is 79.9. The first-order chi connectivity index (χ1) is 8.58. The minimum absolute atomic E-state index is 0.0280. The van der Waals surface area contributed by atoms with Crippen LogP contribution in [-0.2, 0) is 0 Å². The van der Waals surface area contributed by atoms with Gasteiger partial charge >= 0.3 is 0 Å². The SMILES string of the molecule is Cc1cc(OCC(=O)c2sccc2Br)ccc1Cl. The average molecular weight is 346 g/mol. The molecule has 1 aromatic carbocycles.